The van der Waals surface area contributed by atoms with Gasteiger partial charge in [0.1, 0.15) is 11.5 Å². The van der Waals surface area contributed by atoms with Gasteiger partial charge in [0.2, 0.25) is 5.16 Å². The van der Waals surface area contributed by atoms with Gasteiger partial charge in [-0.3, -0.25) is 0 Å². The van der Waals surface area contributed by atoms with E-state index in [9.17, 15) is 0 Å². The molecule has 0 aromatic carbocycles. The summed E-state index contributed by atoms with van der Waals surface area (Å²) in [5.74, 6) is 2.70. The Morgan fingerprint density at radius 3 is 3.00 bits per heavy atom. The lowest BCUT2D eigenvalue weighted by Crippen LogP contribution is -2.14. The summed E-state index contributed by atoms with van der Waals surface area (Å²) in [6.07, 6.45) is 2.59. The number of rotatable bonds is 6. The second-order valence-corrected chi connectivity index (χ2v) is 5.34. The highest BCUT2D eigenvalue weighted by atomic mass is 32.2. The van der Waals surface area contributed by atoms with Gasteiger partial charge in [0.25, 0.3) is 0 Å². The summed E-state index contributed by atoms with van der Waals surface area (Å²) in [5.41, 5.74) is 0. The Labute approximate surface area is 109 Å². The van der Waals surface area contributed by atoms with Crippen molar-refractivity contribution in [2.24, 2.45) is 7.05 Å². The second kappa shape index (κ2) is 5.11. The third kappa shape index (κ3) is 2.91. The normalized spacial score (nSPS) is 15.2. The van der Waals surface area contributed by atoms with Gasteiger partial charge in [0, 0.05) is 13.1 Å². The number of aryl methyl sites for hydroxylation is 1. The molecule has 0 bridgehead atoms. The molecule has 0 aliphatic heterocycles. The van der Waals surface area contributed by atoms with Crippen LogP contribution in [-0.4, -0.2) is 26.2 Å². The summed E-state index contributed by atoms with van der Waals surface area (Å²) in [6, 6.07) is 4.75. The predicted octanol–water partition coefficient (Wildman–Crippen LogP) is 1.35. The molecular weight excluding hydrogens is 250 g/mol. The number of furan rings is 1. The largest absolute Gasteiger partial charge is 0.464 e. The maximum atomic E-state index is 5.74. The first kappa shape index (κ1) is 11.7. The molecule has 18 heavy (non-hydrogen) atoms. The lowest BCUT2D eigenvalue weighted by molar-refractivity contribution is 0.458. The molecule has 2 aromatic heterocycles. The second-order valence-electron chi connectivity index (χ2n) is 4.40. The monoisotopic (exact) mass is 265 g/mol. The first-order chi connectivity index (χ1) is 8.81. The number of thioether (sulfide) groups is 1. The summed E-state index contributed by atoms with van der Waals surface area (Å²) >= 11 is 1.57. The third-order valence-corrected chi connectivity index (χ3v) is 3.82. The van der Waals surface area contributed by atoms with Gasteiger partial charge in [-0.1, -0.05) is 11.8 Å². The summed E-state index contributed by atoms with van der Waals surface area (Å²) in [5, 5.41) is 15.5. The molecule has 0 saturated heterocycles. The van der Waals surface area contributed by atoms with Gasteiger partial charge in [-0.2, -0.15) is 0 Å². The van der Waals surface area contributed by atoms with Gasteiger partial charge in [0.15, 0.2) is 0 Å². The smallest absolute Gasteiger partial charge is 0.209 e. The van der Waals surface area contributed by atoms with E-state index >= 15 is 0 Å². The molecule has 2 aromatic rings. The Bertz CT molecular complexity index is 519. The van der Waals surface area contributed by atoms with Gasteiger partial charge >= 0.3 is 0 Å². The average molecular weight is 265 g/mol. The summed E-state index contributed by atoms with van der Waals surface area (Å²) in [6.45, 7) is 0.820. The van der Waals surface area contributed by atoms with Crippen molar-refractivity contribution in [1.29, 1.82) is 0 Å². The fourth-order valence-electron chi connectivity index (χ4n) is 1.61. The molecule has 0 amide bonds. The van der Waals surface area contributed by atoms with Crippen LogP contribution in [0.1, 0.15) is 24.4 Å². The minimum Gasteiger partial charge on any atom is -0.464 e. The molecule has 7 heteroatoms. The van der Waals surface area contributed by atoms with Crippen LogP contribution in [0, 0.1) is 0 Å². The van der Waals surface area contributed by atoms with Crippen LogP contribution in [-0.2, 0) is 19.3 Å². The SMILES string of the molecule is Cn1nnnc1SCc1ccc(CNC2CC2)o1. The van der Waals surface area contributed by atoms with Crippen molar-refractivity contribution in [2.75, 3.05) is 0 Å². The fraction of sp³-hybridized carbons (Fsp3) is 0.545. The number of nitrogens with zero attached hydrogens (tertiary/aromatic N) is 4. The maximum absolute atomic E-state index is 5.74. The zero-order chi connectivity index (χ0) is 12.4. The minimum atomic E-state index is 0.706. The Kier molecular flexibility index (Phi) is 3.33. The molecule has 1 fully saturated rings. The molecule has 1 aliphatic carbocycles. The molecule has 1 N–H and O–H groups in total. The van der Waals surface area contributed by atoms with E-state index in [1.165, 1.54) is 12.8 Å². The molecule has 0 spiro atoms. The molecule has 96 valence electrons. The number of hydrogen-bond donors (Lipinski definition) is 1. The summed E-state index contributed by atoms with van der Waals surface area (Å²) < 4.78 is 7.39. The van der Waals surface area contributed by atoms with Crippen molar-refractivity contribution in [3.05, 3.63) is 23.7 Å². The Hall–Kier alpha value is -1.34. The van der Waals surface area contributed by atoms with Crippen molar-refractivity contribution < 1.29 is 4.42 Å². The zero-order valence-electron chi connectivity index (χ0n) is 10.2. The third-order valence-electron chi connectivity index (χ3n) is 2.78. The van der Waals surface area contributed by atoms with Crippen LogP contribution in [0.4, 0.5) is 0 Å². The van der Waals surface area contributed by atoms with Crippen LogP contribution < -0.4 is 5.32 Å². The van der Waals surface area contributed by atoms with Crippen LogP contribution in [0.25, 0.3) is 0 Å². The molecule has 0 unspecified atom stereocenters. The van der Waals surface area contributed by atoms with Gasteiger partial charge in [-0.15, -0.1) is 5.10 Å². The number of hydrogen-bond acceptors (Lipinski definition) is 6. The molecule has 6 nitrogen and oxygen atoms in total. The Morgan fingerprint density at radius 1 is 1.44 bits per heavy atom. The van der Waals surface area contributed by atoms with Crippen molar-refractivity contribution in [3.8, 4) is 0 Å². The molecule has 0 atom stereocenters. The molecule has 1 saturated carbocycles. The quantitative estimate of drug-likeness (QED) is 0.795. The maximum Gasteiger partial charge on any atom is 0.209 e. The molecule has 2 heterocycles. The van der Waals surface area contributed by atoms with E-state index in [0.717, 1.165) is 29.0 Å². The highest BCUT2D eigenvalue weighted by Gasteiger charge is 2.20. The molecular formula is C11H15N5OS. The van der Waals surface area contributed by atoms with Crippen molar-refractivity contribution in [3.63, 3.8) is 0 Å². The van der Waals surface area contributed by atoms with Crippen molar-refractivity contribution in [2.45, 2.75) is 36.3 Å². The Balaban J connectivity index is 1.51. The Morgan fingerprint density at radius 2 is 2.28 bits per heavy atom. The van der Waals surface area contributed by atoms with E-state index in [1.807, 2.05) is 19.2 Å². The van der Waals surface area contributed by atoms with Crippen LogP contribution in [0.2, 0.25) is 0 Å². The van der Waals surface area contributed by atoms with E-state index in [1.54, 1.807) is 16.4 Å². The average Bonchev–Trinajstić information content (AvgIpc) is 2.94. The predicted molar refractivity (Wildman–Crippen MR) is 66.9 cm³/mol. The summed E-state index contributed by atoms with van der Waals surface area (Å²) in [7, 11) is 1.83. The van der Waals surface area contributed by atoms with Gasteiger partial charge in [0.05, 0.1) is 12.3 Å². The number of aromatic nitrogens is 4. The molecule has 0 radical (unpaired) electrons. The summed E-state index contributed by atoms with van der Waals surface area (Å²) in [4.78, 5) is 0. The fourth-order valence-corrected chi connectivity index (χ4v) is 2.35. The molecule has 1 aliphatic rings. The first-order valence-corrected chi connectivity index (χ1v) is 6.96. The van der Waals surface area contributed by atoms with Gasteiger partial charge < -0.3 is 9.73 Å². The van der Waals surface area contributed by atoms with Gasteiger partial charge in [-0.25, -0.2) is 4.68 Å². The van der Waals surface area contributed by atoms with Crippen LogP contribution in [0.15, 0.2) is 21.7 Å². The standard InChI is InChI=1S/C11H15N5OS/c1-16-11(13-14-15-16)18-7-10-5-4-9(17-10)6-12-8-2-3-8/h4-5,8,12H,2-3,6-7H2,1H3. The topological polar surface area (TPSA) is 68.8 Å². The lowest BCUT2D eigenvalue weighted by Gasteiger charge is -1.99. The number of nitrogens with one attached hydrogen (secondary N) is 1. The van der Waals surface area contributed by atoms with Crippen LogP contribution in [0.5, 0.6) is 0 Å². The van der Waals surface area contributed by atoms with E-state index in [4.69, 9.17) is 4.42 Å². The van der Waals surface area contributed by atoms with E-state index in [-0.39, 0.29) is 0 Å². The van der Waals surface area contributed by atoms with E-state index in [2.05, 4.69) is 20.8 Å². The highest BCUT2D eigenvalue weighted by molar-refractivity contribution is 7.98. The van der Waals surface area contributed by atoms with Crippen molar-refractivity contribution >= 4 is 11.8 Å². The number of tetrazole rings is 1. The van der Waals surface area contributed by atoms with Crippen LogP contribution >= 0.6 is 11.8 Å². The van der Waals surface area contributed by atoms with Crippen molar-refractivity contribution in [1.82, 2.24) is 25.5 Å². The molecule has 3 rings (SSSR count). The lowest BCUT2D eigenvalue weighted by atomic mass is 10.4. The highest BCUT2D eigenvalue weighted by Crippen LogP contribution is 2.22. The first-order valence-electron chi connectivity index (χ1n) is 5.97. The van der Waals surface area contributed by atoms with E-state index < -0.39 is 0 Å². The van der Waals surface area contributed by atoms with Gasteiger partial charge in [-0.05, 0) is 35.4 Å². The van der Waals surface area contributed by atoms with Crippen LogP contribution in [0.3, 0.4) is 0 Å². The minimum absolute atomic E-state index is 0.706. The van der Waals surface area contributed by atoms with E-state index in [0.29, 0.717) is 6.04 Å². The zero-order valence-corrected chi connectivity index (χ0v) is 11.0.